The summed E-state index contributed by atoms with van der Waals surface area (Å²) in [5.74, 6) is -1.27. The molecule has 2 aromatic rings. The number of aromatic nitrogens is 1. The maximum absolute atomic E-state index is 12.4. The first-order valence-electron chi connectivity index (χ1n) is 8.07. The standard InChI is InChI=1S/C17H21N3O5/c1-3-17(4-2,9-16(22)23)19-15(21)7-11-10-18-14-6-5-12(20(24)25)8-13(11)14/h5-6,8,10,18H,3-4,7,9H2,1-2H3,(H,19,21)(H,22,23). The average molecular weight is 347 g/mol. The van der Waals surface area contributed by atoms with Crippen LogP contribution in [0.1, 0.15) is 38.7 Å². The predicted octanol–water partition coefficient (Wildman–Crippen LogP) is 2.77. The van der Waals surface area contributed by atoms with Gasteiger partial charge in [0.25, 0.3) is 5.69 Å². The second kappa shape index (κ2) is 7.33. The molecule has 1 amide bonds. The molecule has 8 nitrogen and oxygen atoms in total. The number of carbonyl (C=O) groups is 2. The van der Waals surface area contributed by atoms with Crippen molar-refractivity contribution in [2.75, 3.05) is 0 Å². The zero-order chi connectivity index (χ0) is 18.6. The number of hydrogen-bond donors (Lipinski definition) is 3. The summed E-state index contributed by atoms with van der Waals surface area (Å²) in [6.45, 7) is 3.67. The van der Waals surface area contributed by atoms with Crippen molar-refractivity contribution in [3.8, 4) is 0 Å². The number of H-pyrrole nitrogens is 1. The molecule has 134 valence electrons. The van der Waals surface area contributed by atoms with Crippen molar-refractivity contribution >= 4 is 28.5 Å². The van der Waals surface area contributed by atoms with Crippen LogP contribution in [0.25, 0.3) is 10.9 Å². The summed E-state index contributed by atoms with van der Waals surface area (Å²) >= 11 is 0. The summed E-state index contributed by atoms with van der Waals surface area (Å²) in [5, 5.41) is 23.5. The van der Waals surface area contributed by atoms with E-state index in [1.807, 2.05) is 13.8 Å². The van der Waals surface area contributed by atoms with E-state index in [9.17, 15) is 19.7 Å². The smallest absolute Gasteiger partial charge is 0.305 e. The molecule has 0 saturated heterocycles. The molecule has 0 aliphatic heterocycles. The Kier molecular flexibility index (Phi) is 5.41. The maximum Gasteiger partial charge on any atom is 0.305 e. The van der Waals surface area contributed by atoms with Crippen molar-refractivity contribution in [3.63, 3.8) is 0 Å². The van der Waals surface area contributed by atoms with Crippen LogP contribution in [0.3, 0.4) is 0 Å². The lowest BCUT2D eigenvalue weighted by molar-refractivity contribution is -0.384. The van der Waals surface area contributed by atoms with Gasteiger partial charge < -0.3 is 15.4 Å². The minimum atomic E-state index is -0.966. The highest BCUT2D eigenvalue weighted by molar-refractivity contribution is 5.90. The lowest BCUT2D eigenvalue weighted by Crippen LogP contribution is -2.49. The van der Waals surface area contributed by atoms with Crippen molar-refractivity contribution in [1.29, 1.82) is 0 Å². The SMILES string of the molecule is CCC(CC)(CC(=O)O)NC(=O)Cc1c[nH]c2ccc([N+](=O)[O-])cc12. The Morgan fingerprint density at radius 2 is 2.00 bits per heavy atom. The lowest BCUT2D eigenvalue weighted by atomic mass is 9.88. The average Bonchev–Trinajstić information content (AvgIpc) is 2.95. The van der Waals surface area contributed by atoms with E-state index in [1.165, 1.54) is 12.1 Å². The van der Waals surface area contributed by atoms with Crippen LogP contribution in [0.5, 0.6) is 0 Å². The number of aliphatic carboxylic acids is 1. The number of nitrogens with one attached hydrogen (secondary N) is 2. The number of amides is 1. The first-order chi connectivity index (χ1) is 11.8. The third-order valence-electron chi connectivity index (χ3n) is 4.56. The highest BCUT2D eigenvalue weighted by Gasteiger charge is 2.31. The van der Waals surface area contributed by atoms with Crippen LogP contribution in [-0.4, -0.2) is 32.4 Å². The molecule has 8 heteroatoms. The van der Waals surface area contributed by atoms with E-state index in [1.54, 1.807) is 12.3 Å². The van der Waals surface area contributed by atoms with Gasteiger partial charge in [-0.15, -0.1) is 0 Å². The number of non-ortho nitro benzene ring substituents is 1. The fourth-order valence-electron chi connectivity index (χ4n) is 2.95. The zero-order valence-corrected chi connectivity index (χ0v) is 14.2. The first-order valence-corrected chi connectivity index (χ1v) is 8.07. The fourth-order valence-corrected chi connectivity index (χ4v) is 2.95. The number of nitrogens with zero attached hydrogens (tertiary/aromatic N) is 1. The van der Waals surface area contributed by atoms with E-state index in [0.29, 0.717) is 29.3 Å². The number of hydrogen-bond acceptors (Lipinski definition) is 4. The summed E-state index contributed by atoms with van der Waals surface area (Å²) in [6, 6.07) is 4.43. The first kappa shape index (κ1) is 18.4. The number of aromatic amines is 1. The zero-order valence-electron chi connectivity index (χ0n) is 14.2. The van der Waals surface area contributed by atoms with Gasteiger partial charge in [0.15, 0.2) is 0 Å². The van der Waals surface area contributed by atoms with E-state index in [0.717, 1.165) is 0 Å². The van der Waals surface area contributed by atoms with Crippen molar-refractivity contribution in [2.24, 2.45) is 0 Å². The number of carboxylic acids is 1. The molecule has 0 aliphatic rings. The van der Waals surface area contributed by atoms with Crippen LogP contribution in [0.2, 0.25) is 0 Å². The van der Waals surface area contributed by atoms with Gasteiger partial charge in [0.1, 0.15) is 0 Å². The molecule has 3 N–H and O–H groups in total. The Labute approximate surface area is 144 Å². The summed E-state index contributed by atoms with van der Waals surface area (Å²) < 4.78 is 0. The highest BCUT2D eigenvalue weighted by atomic mass is 16.6. The molecule has 1 aromatic heterocycles. The van der Waals surface area contributed by atoms with Gasteiger partial charge in [-0.2, -0.15) is 0 Å². The second-order valence-electron chi connectivity index (χ2n) is 6.08. The molecule has 0 unspecified atom stereocenters. The Hall–Kier alpha value is -2.90. The van der Waals surface area contributed by atoms with Gasteiger partial charge in [-0.25, -0.2) is 0 Å². The van der Waals surface area contributed by atoms with E-state index >= 15 is 0 Å². The predicted molar refractivity (Wildman–Crippen MR) is 92.4 cm³/mol. The highest BCUT2D eigenvalue weighted by Crippen LogP contribution is 2.25. The molecule has 2 rings (SSSR count). The number of benzene rings is 1. The molecule has 0 aliphatic carbocycles. The van der Waals surface area contributed by atoms with Crippen molar-refractivity contribution in [2.45, 2.75) is 45.1 Å². The van der Waals surface area contributed by atoms with E-state index in [4.69, 9.17) is 5.11 Å². The molecule has 1 aromatic carbocycles. The minimum absolute atomic E-state index is 0.0164. The van der Waals surface area contributed by atoms with E-state index in [-0.39, 0.29) is 24.4 Å². The molecular formula is C17H21N3O5. The molecule has 0 atom stereocenters. The Morgan fingerprint density at radius 1 is 1.32 bits per heavy atom. The van der Waals surface area contributed by atoms with Crippen LogP contribution >= 0.6 is 0 Å². The van der Waals surface area contributed by atoms with E-state index < -0.39 is 16.4 Å². The van der Waals surface area contributed by atoms with Gasteiger partial charge in [-0.05, 0) is 24.5 Å². The topological polar surface area (TPSA) is 125 Å². The van der Waals surface area contributed by atoms with Crippen LogP contribution in [0, 0.1) is 10.1 Å². The summed E-state index contributed by atoms with van der Waals surface area (Å²) in [5.41, 5.74) is 0.501. The van der Waals surface area contributed by atoms with Crippen LogP contribution in [-0.2, 0) is 16.0 Å². The number of rotatable bonds is 8. The summed E-state index contributed by atoms with van der Waals surface area (Å²) in [7, 11) is 0. The number of fused-ring (bicyclic) bond motifs is 1. The maximum atomic E-state index is 12.4. The fraction of sp³-hybridized carbons (Fsp3) is 0.412. The third kappa shape index (κ3) is 4.14. The molecule has 1 heterocycles. The largest absolute Gasteiger partial charge is 0.481 e. The van der Waals surface area contributed by atoms with Gasteiger partial charge in [0.05, 0.1) is 17.8 Å². The molecule has 0 bridgehead atoms. The van der Waals surface area contributed by atoms with Gasteiger partial charge in [-0.3, -0.25) is 19.7 Å². The van der Waals surface area contributed by atoms with Crippen molar-refractivity contribution in [3.05, 3.63) is 40.1 Å². The molecule has 0 spiro atoms. The summed E-state index contributed by atoms with van der Waals surface area (Å²) in [6.07, 6.45) is 2.51. The van der Waals surface area contributed by atoms with Crippen LogP contribution < -0.4 is 5.32 Å². The quantitative estimate of drug-likeness (QED) is 0.500. The minimum Gasteiger partial charge on any atom is -0.481 e. The molecule has 0 radical (unpaired) electrons. The second-order valence-corrected chi connectivity index (χ2v) is 6.08. The van der Waals surface area contributed by atoms with Gasteiger partial charge >= 0.3 is 5.97 Å². The van der Waals surface area contributed by atoms with Crippen molar-refractivity contribution < 1.29 is 19.6 Å². The Bertz CT molecular complexity index is 808. The third-order valence-corrected chi connectivity index (χ3v) is 4.56. The van der Waals surface area contributed by atoms with Crippen LogP contribution in [0.15, 0.2) is 24.4 Å². The van der Waals surface area contributed by atoms with E-state index in [2.05, 4.69) is 10.3 Å². The molecule has 0 fully saturated rings. The number of carbonyl (C=O) groups excluding carboxylic acids is 1. The molecular weight excluding hydrogens is 326 g/mol. The molecule has 25 heavy (non-hydrogen) atoms. The Balaban J connectivity index is 2.22. The lowest BCUT2D eigenvalue weighted by Gasteiger charge is -2.31. The normalized spacial score (nSPS) is 11.4. The van der Waals surface area contributed by atoms with Crippen molar-refractivity contribution in [1.82, 2.24) is 10.3 Å². The number of nitro groups is 1. The van der Waals surface area contributed by atoms with Crippen LogP contribution in [0.4, 0.5) is 5.69 Å². The van der Waals surface area contributed by atoms with Gasteiger partial charge in [-0.1, -0.05) is 13.8 Å². The molecule has 0 saturated carbocycles. The monoisotopic (exact) mass is 347 g/mol. The number of nitro benzene ring substituents is 1. The van der Waals surface area contributed by atoms with Gasteiger partial charge in [0.2, 0.25) is 5.91 Å². The van der Waals surface area contributed by atoms with Gasteiger partial charge in [0, 0.05) is 34.8 Å². The number of carboxylic acid groups (broad SMARTS) is 1. The Morgan fingerprint density at radius 3 is 2.56 bits per heavy atom. The summed E-state index contributed by atoms with van der Waals surface area (Å²) in [4.78, 5) is 37.0.